The van der Waals surface area contributed by atoms with Crippen molar-refractivity contribution in [3.8, 4) is 0 Å². The zero-order valence-electron chi connectivity index (χ0n) is 14.6. The largest absolute Gasteiger partial charge is 0.393 e. The average molecular weight is 318 g/mol. The van der Waals surface area contributed by atoms with Gasteiger partial charge < -0.3 is 14.9 Å². The summed E-state index contributed by atoms with van der Waals surface area (Å²) in [7, 11) is 1.81. The van der Waals surface area contributed by atoms with Gasteiger partial charge in [0.1, 0.15) is 0 Å². The normalized spacial score (nSPS) is 49.3. The van der Waals surface area contributed by atoms with E-state index in [1.165, 1.54) is 11.1 Å². The molecular formula is C20H30O3. The lowest BCUT2D eigenvalue weighted by Gasteiger charge is -2.53. The van der Waals surface area contributed by atoms with Crippen LogP contribution in [0.25, 0.3) is 0 Å². The molecule has 6 atom stereocenters. The predicted octanol–water partition coefficient (Wildman–Crippen LogP) is 3.36. The molecule has 3 heteroatoms. The van der Waals surface area contributed by atoms with E-state index < -0.39 is 0 Å². The standard InChI is InChI=1S/C20H30O3/c1-19-8-6-13(21)10-12(19)11-16(23-3)18-14-4-5-17(22)20(14,2)9-7-15(18)19/h10,13-14,16-17,21-22H,4-9,11H2,1-3H3/t13-,14-,16-,17-,19-,20-/m0/s1. The number of aliphatic hydroxyl groups excluding tert-OH is 2. The summed E-state index contributed by atoms with van der Waals surface area (Å²) in [6, 6.07) is 0. The molecule has 128 valence electrons. The van der Waals surface area contributed by atoms with Crippen molar-refractivity contribution in [1.29, 1.82) is 0 Å². The summed E-state index contributed by atoms with van der Waals surface area (Å²) in [5.41, 5.74) is 4.60. The van der Waals surface area contributed by atoms with Crippen molar-refractivity contribution in [2.45, 2.75) is 77.1 Å². The van der Waals surface area contributed by atoms with E-state index in [2.05, 4.69) is 19.9 Å². The number of hydrogen-bond donors (Lipinski definition) is 2. The highest BCUT2D eigenvalue weighted by Crippen LogP contribution is 2.62. The number of fused-ring (bicyclic) bond motifs is 4. The summed E-state index contributed by atoms with van der Waals surface area (Å²) in [6.45, 7) is 4.66. The quantitative estimate of drug-likeness (QED) is 0.729. The van der Waals surface area contributed by atoms with Crippen LogP contribution in [0.4, 0.5) is 0 Å². The summed E-state index contributed by atoms with van der Waals surface area (Å²) in [5, 5.41) is 20.6. The lowest BCUT2D eigenvalue weighted by atomic mass is 9.53. The monoisotopic (exact) mass is 318 g/mol. The van der Waals surface area contributed by atoms with Crippen LogP contribution in [0.15, 0.2) is 22.8 Å². The minimum atomic E-state index is -0.292. The fourth-order valence-electron chi connectivity index (χ4n) is 6.08. The van der Waals surface area contributed by atoms with Crippen LogP contribution >= 0.6 is 0 Å². The second-order valence-corrected chi connectivity index (χ2v) is 8.64. The summed E-state index contributed by atoms with van der Waals surface area (Å²) < 4.78 is 5.92. The fraction of sp³-hybridized carbons (Fsp3) is 0.800. The second kappa shape index (κ2) is 5.18. The van der Waals surface area contributed by atoms with Crippen molar-refractivity contribution in [1.82, 2.24) is 0 Å². The average Bonchev–Trinajstić information content (AvgIpc) is 2.83. The topological polar surface area (TPSA) is 49.7 Å². The maximum atomic E-state index is 10.6. The first-order valence-corrected chi connectivity index (χ1v) is 9.23. The molecule has 0 radical (unpaired) electrons. The molecule has 0 unspecified atom stereocenters. The molecule has 23 heavy (non-hydrogen) atoms. The molecule has 0 aromatic rings. The number of aliphatic hydroxyl groups is 2. The third-order valence-corrected chi connectivity index (χ3v) is 7.67. The van der Waals surface area contributed by atoms with Crippen LogP contribution in [0, 0.1) is 16.7 Å². The Bertz CT molecular complexity index is 577. The molecule has 4 aliphatic rings. The van der Waals surface area contributed by atoms with Gasteiger partial charge in [-0.1, -0.05) is 31.1 Å². The van der Waals surface area contributed by atoms with E-state index in [-0.39, 0.29) is 29.1 Å². The van der Waals surface area contributed by atoms with Crippen LogP contribution in [-0.4, -0.2) is 35.6 Å². The minimum Gasteiger partial charge on any atom is -0.393 e. The Morgan fingerprint density at radius 1 is 1.13 bits per heavy atom. The third kappa shape index (κ3) is 2.06. The zero-order chi connectivity index (χ0) is 16.4. The van der Waals surface area contributed by atoms with Crippen LogP contribution in [0.1, 0.15) is 58.8 Å². The number of allylic oxidation sites excluding steroid dienone is 1. The molecule has 0 amide bonds. The van der Waals surface area contributed by atoms with E-state index in [4.69, 9.17) is 4.74 Å². The van der Waals surface area contributed by atoms with Gasteiger partial charge in [-0.2, -0.15) is 0 Å². The lowest BCUT2D eigenvalue weighted by Crippen LogP contribution is -2.46. The molecule has 1 saturated carbocycles. The van der Waals surface area contributed by atoms with Crippen LogP contribution in [-0.2, 0) is 4.74 Å². The van der Waals surface area contributed by atoms with Crippen molar-refractivity contribution in [2.75, 3.05) is 7.11 Å². The van der Waals surface area contributed by atoms with Gasteiger partial charge in [0.15, 0.2) is 0 Å². The van der Waals surface area contributed by atoms with Gasteiger partial charge in [-0.3, -0.25) is 0 Å². The highest BCUT2D eigenvalue weighted by atomic mass is 16.5. The Balaban J connectivity index is 1.85. The van der Waals surface area contributed by atoms with Crippen LogP contribution < -0.4 is 0 Å². The molecular weight excluding hydrogens is 288 g/mol. The molecule has 0 aromatic heterocycles. The lowest BCUT2D eigenvalue weighted by molar-refractivity contribution is 0.0148. The first-order chi connectivity index (χ1) is 10.9. The van der Waals surface area contributed by atoms with Gasteiger partial charge in [0.05, 0.1) is 18.3 Å². The molecule has 0 bridgehead atoms. The van der Waals surface area contributed by atoms with Crippen molar-refractivity contribution >= 4 is 0 Å². The Kier molecular flexibility index (Phi) is 3.57. The summed E-state index contributed by atoms with van der Waals surface area (Å²) in [5.74, 6) is 0.469. The molecule has 4 aliphatic carbocycles. The zero-order valence-corrected chi connectivity index (χ0v) is 14.6. The highest BCUT2D eigenvalue weighted by molar-refractivity contribution is 5.45. The van der Waals surface area contributed by atoms with Crippen molar-refractivity contribution in [3.63, 3.8) is 0 Å². The number of rotatable bonds is 1. The Morgan fingerprint density at radius 2 is 1.91 bits per heavy atom. The van der Waals surface area contributed by atoms with Crippen LogP contribution in [0.3, 0.4) is 0 Å². The van der Waals surface area contributed by atoms with Crippen LogP contribution in [0.5, 0.6) is 0 Å². The molecule has 4 rings (SSSR count). The number of hydrogen-bond acceptors (Lipinski definition) is 3. The van der Waals surface area contributed by atoms with E-state index in [0.717, 1.165) is 44.9 Å². The second-order valence-electron chi connectivity index (χ2n) is 8.64. The maximum absolute atomic E-state index is 10.6. The van der Waals surface area contributed by atoms with Gasteiger partial charge in [-0.15, -0.1) is 0 Å². The molecule has 0 aliphatic heterocycles. The van der Waals surface area contributed by atoms with Gasteiger partial charge in [0, 0.05) is 17.9 Å². The molecule has 0 aromatic carbocycles. The minimum absolute atomic E-state index is 0.0291. The summed E-state index contributed by atoms with van der Waals surface area (Å²) in [4.78, 5) is 0. The van der Waals surface area contributed by atoms with Gasteiger partial charge in [0.25, 0.3) is 0 Å². The third-order valence-electron chi connectivity index (χ3n) is 7.67. The Labute approximate surface area is 139 Å². The Hall–Kier alpha value is -0.640. The van der Waals surface area contributed by atoms with E-state index >= 15 is 0 Å². The van der Waals surface area contributed by atoms with Gasteiger partial charge in [0.2, 0.25) is 0 Å². The summed E-state index contributed by atoms with van der Waals surface area (Å²) in [6.07, 6.45) is 8.74. The van der Waals surface area contributed by atoms with E-state index in [0.29, 0.717) is 5.92 Å². The van der Waals surface area contributed by atoms with Crippen molar-refractivity contribution in [3.05, 3.63) is 22.8 Å². The smallest absolute Gasteiger partial charge is 0.0824 e. The first kappa shape index (κ1) is 15.9. The number of methoxy groups -OCH3 is 1. The van der Waals surface area contributed by atoms with Gasteiger partial charge >= 0.3 is 0 Å². The molecule has 2 N–H and O–H groups in total. The van der Waals surface area contributed by atoms with E-state index in [1.807, 2.05) is 7.11 Å². The van der Waals surface area contributed by atoms with Crippen LogP contribution in [0.2, 0.25) is 0 Å². The summed E-state index contributed by atoms with van der Waals surface area (Å²) >= 11 is 0. The molecule has 0 heterocycles. The van der Waals surface area contributed by atoms with Crippen molar-refractivity contribution < 1.29 is 14.9 Å². The van der Waals surface area contributed by atoms with E-state index in [1.54, 1.807) is 5.57 Å². The van der Waals surface area contributed by atoms with Gasteiger partial charge in [-0.25, -0.2) is 0 Å². The molecule has 3 nitrogen and oxygen atoms in total. The van der Waals surface area contributed by atoms with E-state index in [9.17, 15) is 10.2 Å². The predicted molar refractivity (Wildman–Crippen MR) is 89.9 cm³/mol. The molecule has 1 fully saturated rings. The van der Waals surface area contributed by atoms with Crippen molar-refractivity contribution in [2.24, 2.45) is 16.7 Å². The Morgan fingerprint density at radius 3 is 2.65 bits per heavy atom. The maximum Gasteiger partial charge on any atom is 0.0824 e. The SMILES string of the molecule is CO[C@H]1CC2=C[C@@H](O)CC[C@]2(C)C2=C1[C@@H]1CC[C@H](O)[C@@]1(C)CC2. The molecule has 0 spiro atoms. The number of ether oxygens (including phenoxy) is 1. The highest BCUT2D eigenvalue weighted by Gasteiger charge is 2.55. The first-order valence-electron chi connectivity index (χ1n) is 9.23. The molecule has 0 saturated heterocycles. The fourth-order valence-corrected chi connectivity index (χ4v) is 6.08. The van der Waals surface area contributed by atoms with Gasteiger partial charge in [-0.05, 0) is 56.4 Å².